The fourth-order valence-electron chi connectivity index (χ4n) is 2.31. The Morgan fingerprint density at radius 3 is 2.55 bits per heavy atom. The van der Waals surface area contributed by atoms with Gasteiger partial charge in [-0.3, -0.25) is 10.1 Å². The van der Waals surface area contributed by atoms with Crippen LogP contribution < -0.4 is 4.90 Å². The van der Waals surface area contributed by atoms with Crippen molar-refractivity contribution in [2.24, 2.45) is 0 Å². The Hall–Kier alpha value is -2.13. The van der Waals surface area contributed by atoms with Crippen LogP contribution in [0.4, 0.5) is 11.4 Å². The molecule has 0 saturated carbocycles. The molecule has 20 heavy (non-hydrogen) atoms. The summed E-state index contributed by atoms with van der Waals surface area (Å²) in [6.45, 7) is 4.45. The number of aliphatic hydroxyl groups is 1. The van der Waals surface area contributed by atoms with Gasteiger partial charge in [-0.15, -0.1) is 0 Å². The van der Waals surface area contributed by atoms with Crippen molar-refractivity contribution in [3.63, 3.8) is 0 Å². The van der Waals surface area contributed by atoms with Crippen molar-refractivity contribution in [1.82, 2.24) is 0 Å². The molecule has 6 heteroatoms. The van der Waals surface area contributed by atoms with E-state index >= 15 is 0 Å². The predicted molar refractivity (Wildman–Crippen MR) is 76.6 cm³/mol. The van der Waals surface area contributed by atoms with Crippen LogP contribution in [-0.4, -0.2) is 29.2 Å². The number of hydrogen-bond donors (Lipinski definition) is 1. The molecular formula is C14H19N3O3. The van der Waals surface area contributed by atoms with E-state index in [2.05, 4.69) is 0 Å². The number of nitro benzene ring substituents is 1. The molecule has 0 fully saturated rings. The Kier molecular flexibility index (Phi) is 5.94. The Bertz CT molecular complexity index is 507. The molecule has 0 atom stereocenters. The van der Waals surface area contributed by atoms with E-state index in [0.29, 0.717) is 12.2 Å². The van der Waals surface area contributed by atoms with E-state index in [1.807, 2.05) is 24.8 Å². The summed E-state index contributed by atoms with van der Waals surface area (Å²) in [7, 11) is 0. The van der Waals surface area contributed by atoms with Gasteiger partial charge in [0.05, 0.1) is 22.8 Å². The van der Waals surface area contributed by atoms with Crippen molar-refractivity contribution < 1.29 is 10.0 Å². The minimum absolute atomic E-state index is 0.0294. The maximum Gasteiger partial charge on any atom is 0.270 e. The van der Waals surface area contributed by atoms with E-state index in [1.165, 1.54) is 12.1 Å². The van der Waals surface area contributed by atoms with Gasteiger partial charge in [-0.05, 0) is 18.9 Å². The minimum Gasteiger partial charge on any atom is -0.395 e. The number of nitro groups is 1. The first-order valence-corrected chi connectivity index (χ1v) is 6.65. The Morgan fingerprint density at radius 1 is 1.45 bits per heavy atom. The van der Waals surface area contributed by atoms with Crippen LogP contribution in [-0.2, 0) is 0 Å². The largest absolute Gasteiger partial charge is 0.395 e. The Balaban J connectivity index is 3.26. The van der Waals surface area contributed by atoms with Crippen molar-refractivity contribution in [3.8, 4) is 6.07 Å². The molecule has 0 saturated heterocycles. The van der Waals surface area contributed by atoms with Crippen molar-refractivity contribution in [3.05, 3.63) is 33.9 Å². The number of benzene rings is 1. The summed E-state index contributed by atoms with van der Waals surface area (Å²) in [6, 6.07) is 6.46. The highest BCUT2D eigenvalue weighted by atomic mass is 16.6. The molecule has 0 aliphatic carbocycles. The number of anilines is 1. The second kappa shape index (κ2) is 7.46. The van der Waals surface area contributed by atoms with Crippen molar-refractivity contribution in [2.45, 2.75) is 32.7 Å². The zero-order chi connectivity index (χ0) is 15.1. The third-order valence-corrected chi connectivity index (χ3v) is 3.35. The lowest BCUT2D eigenvalue weighted by Crippen LogP contribution is -2.37. The normalized spacial score (nSPS) is 10.3. The Labute approximate surface area is 118 Å². The van der Waals surface area contributed by atoms with Gasteiger partial charge in [0.2, 0.25) is 0 Å². The number of aliphatic hydroxyl groups excluding tert-OH is 1. The van der Waals surface area contributed by atoms with Gasteiger partial charge >= 0.3 is 0 Å². The first kappa shape index (κ1) is 15.9. The molecule has 0 radical (unpaired) electrons. The van der Waals surface area contributed by atoms with Crippen LogP contribution in [0, 0.1) is 21.4 Å². The van der Waals surface area contributed by atoms with Crippen LogP contribution in [0.15, 0.2) is 18.2 Å². The minimum atomic E-state index is -0.516. The lowest BCUT2D eigenvalue weighted by Gasteiger charge is -2.32. The van der Waals surface area contributed by atoms with E-state index in [0.717, 1.165) is 12.8 Å². The maximum atomic E-state index is 10.8. The summed E-state index contributed by atoms with van der Waals surface area (Å²) in [6.07, 6.45) is 1.75. The molecule has 0 aromatic heterocycles. The molecule has 6 nitrogen and oxygen atoms in total. The van der Waals surface area contributed by atoms with Crippen molar-refractivity contribution in [2.75, 3.05) is 18.1 Å². The van der Waals surface area contributed by atoms with Gasteiger partial charge in [0.1, 0.15) is 6.07 Å². The molecule has 108 valence electrons. The van der Waals surface area contributed by atoms with E-state index in [9.17, 15) is 20.5 Å². The van der Waals surface area contributed by atoms with E-state index < -0.39 is 4.92 Å². The molecule has 0 aliphatic rings. The van der Waals surface area contributed by atoms with Crippen LogP contribution in [0.2, 0.25) is 0 Å². The smallest absolute Gasteiger partial charge is 0.270 e. The number of rotatable bonds is 7. The van der Waals surface area contributed by atoms with E-state index in [1.54, 1.807) is 6.07 Å². The van der Waals surface area contributed by atoms with Gasteiger partial charge in [-0.1, -0.05) is 13.8 Å². The third kappa shape index (κ3) is 3.45. The molecule has 0 spiro atoms. The first-order chi connectivity index (χ1) is 9.58. The van der Waals surface area contributed by atoms with Crippen molar-refractivity contribution >= 4 is 11.4 Å². The van der Waals surface area contributed by atoms with E-state index in [-0.39, 0.29) is 23.9 Å². The zero-order valence-corrected chi connectivity index (χ0v) is 11.7. The Morgan fingerprint density at radius 2 is 2.10 bits per heavy atom. The van der Waals surface area contributed by atoms with Gasteiger partial charge in [0.25, 0.3) is 5.69 Å². The van der Waals surface area contributed by atoms with Crippen LogP contribution in [0.5, 0.6) is 0 Å². The standard InChI is InChI=1S/C14H19N3O3/c1-3-12(4-2)16(7-8-18)14-6-5-13(17(19)20)9-11(14)10-15/h5-6,9,12,18H,3-4,7-8H2,1-2H3. The first-order valence-electron chi connectivity index (χ1n) is 6.65. The SMILES string of the molecule is CCC(CC)N(CCO)c1ccc([N+](=O)[O-])cc1C#N. The highest BCUT2D eigenvalue weighted by Gasteiger charge is 2.20. The summed E-state index contributed by atoms with van der Waals surface area (Å²) < 4.78 is 0. The lowest BCUT2D eigenvalue weighted by atomic mass is 10.1. The fourth-order valence-corrected chi connectivity index (χ4v) is 2.31. The third-order valence-electron chi connectivity index (χ3n) is 3.35. The highest BCUT2D eigenvalue weighted by Crippen LogP contribution is 2.27. The van der Waals surface area contributed by atoms with Gasteiger partial charge in [-0.25, -0.2) is 0 Å². The lowest BCUT2D eigenvalue weighted by molar-refractivity contribution is -0.384. The summed E-state index contributed by atoms with van der Waals surface area (Å²) in [5.41, 5.74) is 0.805. The van der Waals surface area contributed by atoms with Crippen LogP contribution in [0.25, 0.3) is 0 Å². The predicted octanol–water partition coefficient (Wildman–Crippen LogP) is 2.45. The monoisotopic (exact) mass is 277 g/mol. The maximum absolute atomic E-state index is 10.8. The van der Waals surface area contributed by atoms with Gasteiger partial charge in [0, 0.05) is 24.7 Å². The quantitative estimate of drug-likeness (QED) is 0.610. The summed E-state index contributed by atoms with van der Waals surface area (Å²) in [4.78, 5) is 12.2. The van der Waals surface area contributed by atoms with Gasteiger partial charge in [0.15, 0.2) is 0 Å². The zero-order valence-electron chi connectivity index (χ0n) is 11.7. The van der Waals surface area contributed by atoms with Gasteiger partial charge < -0.3 is 10.0 Å². The molecule has 1 aromatic carbocycles. The van der Waals surface area contributed by atoms with Crippen LogP contribution >= 0.6 is 0 Å². The number of non-ortho nitro benzene ring substituents is 1. The molecule has 1 N–H and O–H groups in total. The van der Waals surface area contributed by atoms with Crippen LogP contribution in [0.3, 0.4) is 0 Å². The second-order valence-electron chi connectivity index (χ2n) is 4.46. The second-order valence-corrected chi connectivity index (χ2v) is 4.46. The van der Waals surface area contributed by atoms with Crippen molar-refractivity contribution in [1.29, 1.82) is 5.26 Å². The topological polar surface area (TPSA) is 90.4 Å². The number of nitriles is 1. The molecule has 0 bridgehead atoms. The summed E-state index contributed by atoms with van der Waals surface area (Å²) >= 11 is 0. The molecule has 1 rings (SSSR count). The molecule has 0 unspecified atom stereocenters. The van der Waals surface area contributed by atoms with Gasteiger partial charge in [-0.2, -0.15) is 5.26 Å². The summed E-state index contributed by atoms with van der Waals surface area (Å²) in [5.74, 6) is 0. The summed E-state index contributed by atoms with van der Waals surface area (Å²) in [5, 5.41) is 29.2. The molecular weight excluding hydrogens is 258 g/mol. The molecule has 0 heterocycles. The average molecular weight is 277 g/mol. The average Bonchev–Trinajstić information content (AvgIpc) is 2.46. The fraction of sp³-hybridized carbons (Fsp3) is 0.500. The van der Waals surface area contributed by atoms with Crippen LogP contribution in [0.1, 0.15) is 32.3 Å². The van der Waals surface area contributed by atoms with E-state index in [4.69, 9.17) is 0 Å². The highest BCUT2D eigenvalue weighted by molar-refractivity contribution is 5.63. The number of hydrogen-bond acceptors (Lipinski definition) is 5. The molecule has 0 amide bonds. The molecule has 1 aromatic rings. The number of nitrogens with zero attached hydrogens (tertiary/aromatic N) is 3. The molecule has 0 aliphatic heterocycles.